The number of alkyl carbamates (subject to hydrolysis) is 1. The van der Waals surface area contributed by atoms with E-state index in [4.69, 9.17) is 18.9 Å². The Morgan fingerprint density at radius 3 is 2.42 bits per heavy atom. The molecule has 1 saturated heterocycles. The molecule has 1 fully saturated rings. The van der Waals surface area contributed by atoms with Crippen molar-refractivity contribution in [3.05, 3.63) is 69.9 Å². The highest BCUT2D eigenvalue weighted by Crippen LogP contribution is 2.31. The number of aryl methyl sites for hydroxylation is 1. The standard InChI is InChI=1S/C34H43FN6O7/c1-23-22-40(13-14-41(23)28-20-29(42)39(5)27-11-10-26(21-36)38-30(27)28)31(24-6-8-25(35)9-7-24)32(43)47-19-18-46-17-16-45-15-12-37-33(44)48-34(2,3)4/h6-11,20,23,31H,12-19,22H2,1-5H3,(H,37,44). The van der Waals surface area contributed by atoms with Crippen LogP contribution < -0.4 is 15.8 Å². The van der Waals surface area contributed by atoms with Gasteiger partial charge in [-0.15, -0.1) is 0 Å². The van der Waals surface area contributed by atoms with E-state index >= 15 is 0 Å². The molecule has 2 aromatic heterocycles. The average Bonchev–Trinajstić information content (AvgIpc) is 3.04. The number of fused-ring (bicyclic) bond motifs is 1. The van der Waals surface area contributed by atoms with E-state index in [1.54, 1.807) is 52.1 Å². The van der Waals surface area contributed by atoms with Gasteiger partial charge in [0.2, 0.25) is 0 Å². The summed E-state index contributed by atoms with van der Waals surface area (Å²) in [6.07, 6.45) is -0.510. The summed E-state index contributed by atoms with van der Waals surface area (Å²) in [6.45, 7) is 9.98. The van der Waals surface area contributed by atoms with Crippen molar-refractivity contribution in [1.29, 1.82) is 5.26 Å². The lowest BCUT2D eigenvalue weighted by molar-refractivity contribution is -0.152. The van der Waals surface area contributed by atoms with Gasteiger partial charge in [-0.2, -0.15) is 5.26 Å². The Bertz CT molecular complexity index is 1670. The molecule has 0 saturated carbocycles. The number of pyridine rings is 2. The number of amides is 1. The molecule has 3 aromatic rings. The lowest BCUT2D eigenvalue weighted by Gasteiger charge is -2.43. The van der Waals surface area contributed by atoms with Crippen LogP contribution in [0.1, 0.15) is 45.0 Å². The van der Waals surface area contributed by atoms with Crippen molar-refractivity contribution in [3.8, 4) is 6.07 Å². The molecule has 13 nitrogen and oxygen atoms in total. The van der Waals surface area contributed by atoms with E-state index in [1.807, 2.05) is 11.8 Å². The Balaban J connectivity index is 1.32. The molecule has 1 N–H and O–H groups in total. The van der Waals surface area contributed by atoms with Gasteiger partial charge < -0.3 is 33.7 Å². The number of halogens is 1. The average molecular weight is 667 g/mol. The maximum absolute atomic E-state index is 13.8. The number of ether oxygens (including phenoxy) is 4. The molecular weight excluding hydrogens is 623 g/mol. The Kier molecular flexibility index (Phi) is 12.5. The molecule has 14 heteroatoms. The Morgan fingerprint density at radius 1 is 1.06 bits per heavy atom. The molecule has 2 unspecified atom stereocenters. The highest BCUT2D eigenvalue weighted by molar-refractivity contribution is 5.89. The van der Waals surface area contributed by atoms with E-state index in [0.29, 0.717) is 55.1 Å². The van der Waals surface area contributed by atoms with E-state index in [1.165, 1.54) is 22.8 Å². The molecule has 1 aromatic carbocycles. The zero-order chi connectivity index (χ0) is 34.8. The molecule has 0 spiro atoms. The monoisotopic (exact) mass is 666 g/mol. The summed E-state index contributed by atoms with van der Waals surface area (Å²) in [4.78, 5) is 46.5. The van der Waals surface area contributed by atoms with Crippen molar-refractivity contribution >= 4 is 28.8 Å². The van der Waals surface area contributed by atoms with Gasteiger partial charge in [0, 0.05) is 45.3 Å². The van der Waals surface area contributed by atoms with Gasteiger partial charge in [0.05, 0.1) is 37.6 Å². The third-order valence-corrected chi connectivity index (χ3v) is 7.68. The first-order valence-corrected chi connectivity index (χ1v) is 15.8. The van der Waals surface area contributed by atoms with Gasteiger partial charge in [0.25, 0.3) is 5.56 Å². The van der Waals surface area contributed by atoms with Gasteiger partial charge in [0.15, 0.2) is 0 Å². The van der Waals surface area contributed by atoms with Crippen molar-refractivity contribution in [3.63, 3.8) is 0 Å². The maximum atomic E-state index is 13.8. The summed E-state index contributed by atoms with van der Waals surface area (Å²) < 4.78 is 37.1. The van der Waals surface area contributed by atoms with Crippen LogP contribution in [-0.4, -0.2) is 97.4 Å². The second-order valence-corrected chi connectivity index (χ2v) is 12.4. The molecule has 0 bridgehead atoms. The number of nitriles is 1. The zero-order valence-corrected chi connectivity index (χ0v) is 28.0. The highest BCUT2D eigenvalue weighted by atomic mass is 19.1. The number of esters is 1. The minimum atomic E-state index is -0.792. The van der Waals surface area contributed by atoms with E-state index in [-0.39, 0.29) is 43.7 Å². The molecule has 1 aliphatic rings. The van der Waals surface area contributed by atoms with Crippen LogP contribution in [0.4, 0.5) is 14.9 Å². The van der Waals surface area contributed by atoms with E-state index in [9.17, 15) is 24.0 Å². The largest absolute Gasteiger partial charge is 0.462 e. The number of carbonyl (C=O) groups excluding carboxylic acids is 2. The highest BCUT2D eigenvalue weighted by Gasteiger charge is 2.35. The van der Waals surface area contributed by atoms with Gasteiger partial charge in [-0.05, 0) is 57.5 Å². The summed E-state index contributed by atoms with van der Waals surface area (Å²) in [6, 6.07) is 11.7. The fourth-order valence-corrected chi connectivity index (χ4v) is 5.45. The number of rotatable bonds is 13. The lowest BCUT2D eigenvalue weighted by atomic mass is 10.0. The van der Waals surface area contributed by atoms with Gasteiger partial charge in [-0.1, -0.05) is 12.1 Å². The third-order valence-electron chi connectivity index (χ3n) is 7.68. The number of nitrogens with zero attached hydrogens (tertiary/aromatic N) is 5. The zero-order valence-electron chi connectivity index (χ0n) is 28.0. The van der Waals surface area contributed by atoms with Crippen LogP contribution in [-0.2, 0) is 30.8 Å². The number of piperazine rings is 1. The predicted molar refractivity (Wildman–Crippen MR) is 176 cm³/mol. The van der Waals surface area contributed by atoms with Crippen molar-refractivity contribution in [2.45, 2.75) is 45.4 Å². The Hall–Kier alpha value is -4.58. The quantitative estimate of drug-likeness (QED) is 0.212. The molecule has 2 atom stereocenters. The summed E-state index contributed by atoms with van der Waals surface area (Å²) in [5.74, 6) is -0.906. The molecule has 1 aliphatic heterocycles. The van der Waals surface area contributed by atoms with Crippen molar-refractivity contribution < 1.29 is 32.9 Å². The minimum Gasteiger partial charge on any atom is -0.462 e. The van der Waals surface area contributed by atoms with Crippen LogP contribution in [0.2, 0.25) is 0 Å². The molecular formula is C34H43FN6O7. The number of hydrogen-bond donors (Lipinski definition) is 1. The number of carbonyl (C=O) groups is 2. The van der Waals surface area contributed by atoms with Crippen molar-refractivity contribution in [1.82, 2.24) is 19.8 Å². The summed E-state index contributed by atoms with van der Waals surface area (Å²) >= 11 is 0. The molecule has 4 rings (SSSR count). The molecule has 48 heavy (non-hydrogen) atoms. The van der Waals surface area contributed by atoms with Crippen molar-refractivity contribution in [2.75, 3.05) is 64.1 Å². The smallest absolute Gasteiger partial charge is 0.407 e. The number of aromatic nitrogens is 2. The van der Waals surface area contributed by atoms with Gasteiger partial charge in [0.1, 0.15) is 41.3 Å². The van der Waals surface area contributed by atoms with Gasteiger partial charge in [-0.3, -0.25) is 9.69 Å². The van der Waals surface area contributed by atoms with Gasteiger partial charge in [-0.25, -0.2) is 19.0 Å². The SMILES string of the molecule is CC1CN(C(C(=O)OCCOCCOCCNC(=O)OC(C)(C)C)c2ccc(F)cc2)CCN1c1cc(=O)n(C)c2ccc(C#N)nc12. The van der Waals surface area contributed by atoms with E-state index in [0.717, 1.165) is 0 Å². The first kappa shape index (κ1) is 36.3. The van der Waals surface area contributed by atoms with Crippen molar-refractivity contribution in [2.24, 2.45) is 7.05 Å². The number of hydrogen-bond acceptors (Lipinski definition) is 11. The van der Waals surface area contributed by atoms with Crippen LogP contribution in [0.25, 0.3) is 11.0 Å². The van der Waals surface area contributed by atoms with E-state index < -0.39 is 29.5 Å². The summed E-state index contributed by atoms with van der Waals surface area (Å²) in [7, 11) is 1.66. The minimum absolute atomic E-state index is 0.0123. The number of nitrogens with one attached hydrogen (secondary N) is 1. The Morgan fingerprint density at radius 2 is 1.75 bits per heavy atom. The lowest BCUT2D eigenvalue weighted by Crippen LogP contribution is -2.54. The number of benzene rings is 1. The first-order chi connectivity index (χ1) is 22.9. The summed E-state index contributed by atoms with van der Waals surface area (Å²) in [5, 5.41) is 12.0. The second kappa shape index (κ2) is 16.5. The van der Waals surface area contributed by atoms with Crippen LogP contribution in [0.15, 0.2) is 47.3 Å². The second-order valence-electron chi connectivity index (χ2n) is 12.4. The molecule has 0 aliphatic carbocycles. The predicted octanol–water partition coefficient (Wildman–Crippen LogP) is 3.30. The first-order valence-electron chi connectivity index (χ1n) is 15.8. The number of anilines is 1. The molecule has 1 amide bonds. The van der Waals surface area contributed by atoms with Crippen LogP contribution >= 0.6 is 0 Å². The Labute approximate surface area is 279 Å². The topological polar surface area (TPSA) is 148 Å². The van der Waals surface area contributed by atoms with Gasteiger partial charge >= 0.3 is 12.1 Å². The molecule has 3 heterocycles. The molecule has 0 radical (unpaired) electrons. The fraction of sp³-hybridized carbons (Fsp3) is 0.500. The summed E-state index contributed by atoms with van der Waals surface area (Å²) in [5.41, 5.74) is 1.86. The maximum Gasteiger partial charge on any atom is 0.407 e. The third kappa shape index (κ3) is 9.72. The van der Waals surface area contributed by atoms with Crippen LogP contribution in [0, 0.1) is 17.1 Å². The fourth-order valence-electron chi connectivity index (χ4n) is 5.45. The van der Waals surface area contributed by atoms with Crippen LogP contribution in [0.3, 0.4) is 0 Å². The van der Waals surface area contributed by atoms with E-state index in [2.05, 4.69) is 21.3 Å². The van der Waals surface area contributed by atoms with Crippen LogP contribution in [0.5, 0.6) is 0 Å². The normalized spacial score (nSPS) is 15.9. The molecule has 258 valence electrons.